The molecule has 0 bridgehead atoms. The monoisotopic (exact) mass is 396 g/mol. The van der Waals surface area contributed by atoms with Crippen LogP contribution >= 0.6 is 7.37 Å². The summed E-state index contributed by atoms with van der Waals surface area (Å²) in [5.74, 6) is -0.598. The molecule has 1 aliphatic rings. The molecule has 1 unspecified atom stereocenters. The fourth-order valence-corrected chi connectivity index (χ4v) is 4.94. The summed E-state index contributed by atoms with van der Waals surface area (Å²) in [6.07, 6.45) is 3.44. The van der Waals surface area contributed by atoms with E-state index in [0.29, 0.717) is 19.2 Å². The maximum atomic E-state index is 12.9. The number of benzene rings is 1. The van der Waals surface area contributed by atoms with Crippen LogP contribution in [0.5, 0.6) is 0 Å². The van der Waals surface area contributed by atoms with E-state index in [1.165, 1.54) is 5.56 Å². The number of unbranched alkanes of at least 4 members (excludes halogenated alkanes) is 1. The van der Waals surface area contributed by atoms with Crippen LogP contribution in [0.25, 0.3) is 0 Å². The lowest BCUT2D eigenvalue weighted by atomic mass is 10.1. The third-order valence-electron chi connectivity index (χ3n) is 4.42. The largest absolute Gasteiger partial charge is 0.415 e. The number of carbonyl (C=O) groups is 2. The van der Waals surface area contributed by atoms with Crippen molar-refractivity contribution in [1.29, 1.82) is 0 Å². The highest BCUT2D eigenvalue weighted by atomic mass is 31.2. The standard InChI is InChI=1S/C19H29N2O5P/c1-2-25-27(24,14-7-6-11-16-9-4-3-5-10-16)15-21-19(23)26-18(22)17-12-8-13-20-17/h3-5,9-10,17,20H,2,6-8,11-15H2,1H3,(H,21,23)/t17-,27?/m0/s1. The Bertz CT molecular complexity index is 647. The average molecular weight is 396 g/mol. The Labute approximate surface area is 160 Å². The number of hydrogen-bond donors (Lipinski definition) is 2. The molecule has 0 aliphatic carbocycles. The van der Waals surface area contributed by atoms with Gasteiger partial charge in [-0.1, -0.05) is 30.3 Å². The summed E-state index contributed by atoms with van der Waals surface area (Å²) in [4.78, 5) is 23.6. The third-order valence-corrected chi connectivity index (χ3v) is 6.79. The molecule has 1 aromatic rings. The maximum absolute atomic E-state index is 12.9. The zero-order valence-electron chi connectivity index (χ0n) is 15.8. The number of carbonyl (C=O) groups excluding carboxylic acids is 2. The summed E-state index contributed by atoms with van der Waals surface area (Å²) in [6, 6.07) is 9.67. The maximum Gasteiger partial charge on any atom is 0.415 e. The summed E-state index contributed by atoms with van der Waals surface area (Å²) in [5.41, 5.74) is 1.24. The summed E-state index contributed by atoms with van der Waals surface area (Å²) < 4.78 is 23.1. The Morgan fingerprint density at radius 3 is 2.70 bits per heavy atom. The van der Waals surface area contributed by atoms with Crippen molar-refractivity contribution in [3.8, 4) is 0 Å². The van der Waals surface area contributed by atoms with Gasteiger partial charge in [-0.25, -0.2) is 9.59 Å². The van der Waals surface area contributed by atoms with Gasteiger partial charge in [-0.2, -0.15) is 0 Å². The van der Waals surface area contributed by atoms with E-state index in [2.05, 4.69) is 22.8 Å². The molecule has 7 nitrogen and oxygen atoms in total. The number of ether oxygens (including phenoxy) is 1. The molecule has 1 aromatic carbocycles. The molecule has 0 spiro atoms. The van der Waals surface area contributed by atoms with Crippen molar-refractivity contribution in [3.63, 3.8) is 0 Å². The van der Waals surface area contributed by atoms with Crippen LogP contribution in [0.2, 0.25) is 0 Å². The van der Waals surface area contributed by atoms with E-state index in [4.69, 9.17) is 9.26 Å². The van der Waals surface area contributed by atoms with E-state index in [-0.39, 0.29) is 6.29 Å². The average Bonchev–Trinajstić information content (AvgIpc) is 3.20. The number of rotatable bonds is 10. The second-order valence-electron chi connectivity index (χ2n) is 6.59. The zero-order valence-corrected chi connectivity index (χ0v) is 16.7. The molecule has 0 aromatic heterocycles. The van der Waals surface area contributed by atoms with Crippen molar-refractivity contribution in [2.75, 3.05) is 25.6 Å². The first kappa shape index (κ1) is 21.6. The fourth-order valence-electron chi connectivity index (χ4n) is 3.02. The van der Waals surface area contributed by atoms with Gasteiger partial charge in [0, 0.05) is 6.16 Å². The van der Waals surface area contributed by atoms with E-state index in [1.54, 1.807) is 6.92 Å². The molecule has 1 heterocycles. The van der Waals surface area contributed by atoms with Gasteiger partial charge in [-0.15, -0.1) is 0 Å². The highest BCUT2D eigenvalue weighted by Crippen LogP contribution is 2.46. The third kappa shape index (κ3) is 7.83. The van der Waals surface area contributed by atoms with Crippen LogP contribution in [0.15, 0.2) is 30.3 Å². The highest BCUT2D eigenvalue weighted by molar-refractivity contribution is 7.58. The minimum absolute atomic E-state index is 0.129. The minimum Gasteiger partial charge on any atom is -0.375 e. The molecular weight excluding hydrogens is 367 g/mol. The number of hydrogen-bond acceptors (Lipinski definition) is 6. The van der Waals surface area contributed by atoms with Gasteiger partial charge < -0.3 is 19.9 Å². The number of alkyl carbamates (subject to hydrolysis) is 1. The normalized spacial score (nSPS) is 18.6. The summed E-state index contributed by atoms with van der Waals surface area (Å²) in [6.45, 7) is 2.81. The molecule has 1 amide bonds. The van der Waals surface area contributed by atoms with Crippen LogP contribution < -0.4 is 10.6 Å². The van der Waals surface area contributed by atoms with Crippen molar-refractivity contribution in [2.45, 2.75) is 45.1 Å². The number of amides is 1. The van der Waals surface area contributed by atoms with Gasteiger partial charge in [-0.05, 0) is 51.1 Å². The second-order valence-corrected chi connectivity index (χ2v) is 9.24. The molecule has 2 rings (SSSR count). The first-order valence-corrected chi connectivity index (χ1v) is 11.5. The molecule has 27 heavy (non-hydrogen) atoms. The smallest absolute Gasteiger partial charge is 0.375 e. The van der Waals surface area contributed by atoms with Crippen molar-refractivity contribution >= 4 is 19.4 Å². The SMILES string of the molecule is CCOP(=O)(CCCCc1ccccc1)CNC(=O)OC(=O)[C@@H]1CCCN1. The van der Waals surface area contributed by atoms with Crippen molar-refractivity contribution in [2.24, 2.45) is 0 Å². The lowest BCUT2D eigenvalue weighted by Gasteiger charge is -2.18. The van der Waals surface area contributed by atoms with Crippen LogP contribution in [-0.2, 0) is 25.0 Å². The topological polar surface area (TPSA) is 93.7 Å². The quantitative estimate of drug-likeness (QED) is 0.273. The molecule has 0 saturated carbocycles. The van der Waals surface area contributed by atoms with Gasteiger partial charge >= 0.3 is 12.1 Å². The van der Waals surface area contributed by atoms with E-state index < -0.39 is 25.5 Å². The lowest BCUT2D eigenvalue weighted by molar-refractivity contribution is -0.139. The van der Waals surface area contributed by atoms with Crippen LogP contribution in [0, 0.1) is 0 Å². The molecule has 0 radical (unpaired) electrons. The Kier molecular flexibility index (Phi) is 8.98. The molecule has 8 heteroatoms. The summed E-state index contributed by atoms with van der Waals surface area (Å²) in [7, 11) is -3.00. The minimum atomic E-state index is -3.00. The van der Waals surface area contributed by atoms with Crippen LogP contribution in [0.4, 0.5) is 4.79 Å². The van der Waals surface area contributed by atoms with Gasteiger partial charge in [0.15, 0.2) is 0 Å². The van der Waals surface area contributed by atoms with Gasteiger partial charge in [0.05, 0.1) is 12.9 Å². The highest BCUT2D eigenvalue weighted by Gasteiger charge is 2.27. The second kappa shape index (κ2) is 11.2. The van der Waals surface area contributed by atoms with E-state index in [1.807, 2.05) is 18.2 Å². The van der Waals surface area contributed by atoms with Crippen LogP contribution in [0.3, 0.4) is 0 Å². The Balaban J connectivity index is 1.72. The van der Waals surface area contributed by atoms with Gasteiger partial charge in [-0.3, -0.25) is 4.57 Å². The lowest BCUT2D eigenvalue weighted by Crippen LogP contribution is -2.37. The van der Waals surface area contributed by atoms with E-state index in [9.17, 15) is 14.2 Å². The molecule has 1 fully saturated rings. The molecular formula is C19H29N2O5P. The predicted octanol–water partition coefficient (Wildman–Crippen LogP) is 3.29. The van der Waals surface area contributed by atoms with Gasteiger partial charge in [0.2, 0.25) is 7.37 Å². The molecule has 1 aliphatic heterocycles. The number of esters is 1. The zero-order chi connectivity index (χ0) is 19.5. The first-order valence-electron chi connectivity index (χ1n) is 9.52. The molecule has 2 atom stereocenters. The molecule has 150 valence electrons. The Morgan fingerprint density at radius 1 is 1.26 bits per heavy atom. The van der Waals surface area contributed by atoms with Gasteiger partial charge in [0.1, 0.15) is 6.04 Å². The van der Waals surface area contributed by atoms with Crippen LogP contribution in [-0.4, -0.2) is 43.7 Å². The van der Waals surface area contributed by atoms with Crippen molar-refractivity contribution in [1.82, 2.24) is 10.6 Å². The Morgan fingerprint density at radius 2 is 2.04 bits per heavy atom. The summed E-state index contributed by atoms with van der Waals surface area (Å²) in [5, 5.41) is 5.39. The van der Waals surface area contributed by atoms with Gasteiger partial charge in [0.25, 0.3) is 0 Å². The fraction of sp³-hybridized carbons (Fsp3) is 0.579. The Hall–Kier alpha value is -1.69. The first-order chi connectivity index (χ1) is 13.0. The number of aryl methyl sites for hydroxylation is 1. The summed E-state index contributed by atoms with van der Waals surface area (Å²) >= 11 is 0. The van der Waals surface area contributed by atoms with Crippen molar-refractivity contribution < 1.29 is 23.4 Å². The number of nitrogens with one attached hydrogen (secondary N) is 2. The predicted molar refractivity (Wildman–Crippen MR) is 104 cm³/mol. The van der Waals surface area contributed by atoms with Crippen LogP contribution in [0.1, 0.15) is 38.2 Å². The van der Waals surface area contributed by atoms with E-state index >= 15 is 0 Å². The van der Waals surface area contributed by atoms with E-state index in [0.717, 1.165) is 32.2 Å². The molecule has 2 N–H and O–H groups in total. The van der Waals surface area contributed by atoms with Crippen molar-refractivity contribution in [3.05, 3.63) is 35.9 Å². The molecule has 1 saturated heterocycles.